The Labute approximate surface area is 183 Å². The Morgan fingerprint density at radius 2 is 1.97 bits per heavy atom. The van der Waals surface area contributed by atoms with Gasteiger partial charge < -0.3 is 15.0 Å². The van der Waals surface area contributed by atoms with E-state index >= 15 is 0 Å². The van der Waals surface area contributed by atoms with Crippen molar-refractivity contribution in [2.24, 2.45) is 0 Å². The summed E-state index contributed by atoms with van der Waals surface area (Å²) < 4.78 is 5.71. The number of benzene rings is 1. The molecular weight excluding hydrogens is 432 g/mol. The van der Waals surface area contributed by atoms with Crippen molar-refractivity contribution >= 4 is 58.2 Å². The largest absolute Gasteiger partial charge is 0.455 e. The number of ether oxygens (including phenoxy) is 1. The van der Waals surface area contributed by atoms with Crippen LogP contribution >= 0.6 is 34.7 Å². The van der Waals surface area contributed by atoms with Crippen LogP contribution in [0.1, 0.15) is 17.4 Å². The minimum Gasteiger partial charge on any atom is -0.455 e. The maximum Gasteiger partial charge on any atom is 0.316 e. The molecular formula is C20H23ClN2O4S2. The molecule has 9 heteroatoms. The Bertz CT molecular complexity index is 857. The number of aryl methyl sites for hydroxylation is 1. The molecule has 156 valence electrons. The van der Waals surface area contributed by atoms with Gasteiger partial charge in [0.15, 0.2) is 6.61 Å². The van der Waals surface area contributed by atoms with E-state index in [4.69, 9.17) is 16.3 Å². The van der Waals surface area contributed by atoms with Gasteiger partial charge in [-0.3, -0.25) is 14.4 Å². The maximum atomic E-state index is 12.2. The lowest BCUT2D eigenvalue weighted by atomic mass is 10.1. The average Bonchev–Trinajstić information content (AvgIpc) is 3.11. The Hall–Kier alpha value is -2.03. The summed E-state index contributed by atoms with van der Waals surface area (Å²) in [5.41, 5.74) is 1.75. The van der Waals surface area contributed by atoms with Crippen LogP contribution in [0.15, 0.2) is 36.4 Å². The van der Waals surface area contributed by atoms with Crippen molar-refractivity contribution in [2.45, 2.75) is 19.1 Å². The van der Waals surface area contributed by atoms with Crippen LogP contribution in [0, 0.1) is 0 Å². The van der Waals surface area contributed by atoms with Crippen molar-refractivity contribution in [3.63, 3.8) is 0 Å². The minimum atomic E-state index is -0.472. The molecule has 2 rings (SSSR count). The topological polar surface area (TPSA) is 75.7 Å². The molecule has 29 heavy (non-hydrogen) atoms. The monoisotopic (exact) mass is 454 g/mol. The van der Waals surface area contributed by atoms with Crippen molar-refractivity contribution in [2.75, 3.05) is 31.3 Å². The summed E-state index contributed by atoms with van der Waals surface area (Å²) in [7, 11) is 1.50. The predicted octanol–water partition coefficient (Wildman–Crippen LogP) is 3.84. The molecule has 0 fully saturated rings. The van der Waals surface area contributed by atoms with Crippen LogP contribution in [0.2, 0.25) is 4.34 Å². The molecule has 0 aliphatic carbocycles. The Balaban J connectivity index is 1.68. The van der Waals surface area contributed by atoms with E-state index in [0.29, 0.717) is 10.1 Å². The van der Waals surface area contributed by atoms with E-state index in [0.717, 1.165) is 22.5 Å². The zero-order chi connectivity index (χ0) is 21.2. The van der Waals surface area contributed by atoms with E-state index in [2.05, 4.69) is 5.32 Å². The van der Waals surface area contributed by atoms with Gasteiger partial charge in [0.05, 0.1) is 16.6 Å². The molecule has 1 N–H and O–H groups in total. The van der Waals surface area contributed by atoms with E-state index in [-0.39, 0.29) is 24.8 Å². The van der Waals surface area contributed by atoms with Crippen LogP contribution in [0.4, 0.5) is 5.69 Å². The number of esters is 1. The summed E-state index contributed by atoms with van der Waals surface area (Å²) in [6.07, 6.45) is 0.790. The number of anilines is 1. The van der Waals surface area contributed by atoms with Crippen molar-refractivity contribution in [1.82, 2.24) is 4.90 Å². The Kier molecular flexibility index (Phi) is 9.50. The first kappa shape index (κ1) is 23.3. The zero-order valence-electron chi connectivity index (χ0n) is 16.3. The fraction of sp³-hybridized carbons (Fsp3) is 0.350. The van der Waals surface area contributed by atoms with Crippen molar-refractivity contribution in [1.29, 1.82) is 0 Å². The molecule has 1 aromatic carbocycles. The minimum absolute atomic E-state index is 0.123. The molecule has 0 atom stereocenters. The van der Waals surface area contributed by atoms with Gasteiger partial charge in [0.25, 0.3) is 5.91 Å². The van der Waals surface area contributed by atoms with E-state index in [1.54, 1.807) is 0 Å². The third-order valence-corrected chi connectivity index (χ3v) is 6.30. The predicted molar refractivity (Wildman–Crippen MR) is 119 cm³/mol. The number of likely N-dealkylation sites (N-methyl/N-ethyl adjacent to an activating group) is 1. The summed E-state index contributed by atoms with van der Waals surface area (Å²) in [5.74, 6) is -0.424. The molecule has 0 saturated carbocycles. The number of rotatable bonds is 10. The van der Waals surface area contributed by atoms with Crippen LogP contribution in [0.5, 0.6) is 0 Å². The molecule has 1 aromatic heterocycles. The summed E-state index contributed by atoms with van der Waals surface area (Å²) in [4.78, 5) is 38.4. The number of thiophene rings is 1. The molecule has 0 bridgehead atoms. The highest BCUT2D eigenvalue weighted by Crippen LogP contribution is 2.25. The molecule has 0 unspecified atom stereocenters. The lowest BCUT2D eigenvalue weighted by Gasteiger charge is -2.17. The second kappa shape index (κ2) is 11.8. The number of thioether (sulfide) groups is 1. The number of nitrogens with zero attached hydrogens (tertiary/aromatic N) is 1. The van der Waals surface area contributed by atoms with E-state index < -0.39 is 11.9 Å². The fourth-order valence-corrected chi connectivity index (χ4v) is 4.42. The number of nitrogens with one attached hydrogen (secondary N) is 1. The van der Waals surface area contributed by atoms with Gasteiger partial charge in [0, 0.05) is 23.4 Å². The van der Waals surface area contributed by atoms with Gasteiger partial charge in [-0.05, 0) is 30.2 Å². The molecule has 0 aliphatic heterocycles. The lowest BCUT2D eigenvalue weighted by Crippen LogP contribution is -2.37. The van der Waals surface area contributed by atoms with Crippen molar-refractivity contribution in [3.05, 3.63) is 51.2 Å². The third kappa shape index (κ3) is 8.08. The SMILES string of the molecule is CCc1ccccc1NC(=O)CN(C)C(=O)COC(=O)CSCc1ccc(Cl)s1. The van der Waals surface area contributed by atoms with E-state index in [1.807, 2.05) is 43.3 Å². The van der Waals surface area contributed by atoms with Crippen LogP contribution < -0.4 is 5.32 Å². The van der Waals surface area contributed by atoms with Crippen molar-refractivity contribution in [3.8, 4) is 0 Å². The lowest BCUT2D eigenvalue weighted by molar-refractivity contribution is -0.149. The highest BCUT2D eigenvalue weighted by molar-refractivity contribution is 7.99. The van der Waals surface area contributed by atoms with Gasteiger partial charge in [-0.25, -0.2) is 0 Å². The van der Waals surface area contributed by atoms with Gasteiger partial charge in [-0.15, -0.1) is 23.1 Å². The third-order valence-electron chi connectivity index (χ3n) is 3.93. The molecule has 0 aliphatic rings. The maximum absolute atomic E-state index is 12.2. The zero-order valence-corrected chi connectivity index (χ0v) is 18.7. The van der Waals surface area contributed by atoms with Gasteiger partial charge in [0.1, 0.15) is 0 Å². The quantitative estimate of drug-likeness (QED) is 0.552. The number of carbonyl (C=O) groups excluding carboxylic acids is 3. The fourth-order valence-electron chi connectivity index (χ4n) is 2.40. The summed E-state index contributed by atoms with van der Waals surface area (Å²) in [5, 5.41) is 2.80. The average molecular weight is 455 g/mol. The van der Waals surface area contributed by atoms with Gasteiger partial charge in [-0.2, -0.15) is 0 Å². The van der Waals surface area contributed by atoms with E-state index in [1.165, 1.54) is 35.0 Å². The molecule has 6 nitrogen and oxygen atoms in total. The number of carbonyl (C=O) groups is 3. The highest BCUT2D eigenvalue weighted by atomic mass is 35.5. The molecule has 0 saturated heterocycles. The highest BCUT2D eigenvalue weighted by Gasteiger charge is 2.16. The van der Waals surface area contributed by atoms with Crippen LogP contribution in [-0.2, 0) is 31.3 Å². The van der Waals surface area contributed by atoms with E-state index in [9.17, 15) is 14.4 Å². The normalized spacial score (nSPS) is 10.4. The number of halogens is 1. The summed E-state index contributed by atoms with van der Waals surface area (Å²) in [6.45, 7) is 1.49. The number of hydrogen-bond donors (Lipinski definition) is 1. The van der Waals surface area contributed by atoms with Gasteiger partial charge in [-0.1, -0.05) is 36.7 Å². The molecule has 0 spiro atoms. The summed E-state index contributed by atoms with van der Waals surface area (Å²) >= 11 is 8.71. The van der Waals surface area contributed by atoms with Crippen LogP contribution in [0.3, 0.4) is 0 Å². The Morgan fingerprint density at radius 3 is 2.66 bits per heavy atom. The number of para-hydroxylation sites is 1. The van der Waals surface area contributed by atoms with Gasteiger partial charge >= 0.3 is 5.97 Å². The second-order valence-corrected chi connectivity index (χ2v) is 8.95. The number of amides is 2. The molecule has 2 aromatic rings. The number of hydrogen-bond acceptors (Lipinski definition) is 6. The first-order valence-corrected chi connectivity index (χ1v) is 11.3. The standard InChI is InChI=1S/C20H23ClN2O4S2/c1-3-14-6-4-5-7-16(14)22-18(24)10-23(2)19(25)11-27-20(26)13-28-12-15-8-9-17(21)29-15/h4-9H,3,10-13H2,1-2H3,(H,22,24). The van der Waals surface area contributed by atoms with Crippen molar-refractivity contribution < 1.29 is 19.1 Å². The first-order valence-electron chi connectivity index (χ1n) is 8.98. The summed E-state index contributed by atoms with van der Waals surface area (Å²) in [6, 6.07) is 11.2. The smallest absolute Gasteiger partial charge is 0.316 e. The van der Waals surface area contributed by atoms with Gasteiger partial charge in [0.2, 0.25) is 5.91 Å². The van der Waals surface area contributed by atoms with Crippen LogP contribution in [0.25, 0.3) is 0 Å². The molecule has 0 radical (unpaired) electrons. The first-order chi connectivity index (χ1) is 13.9. The molecule has 2 amide bonds. The Morgan fingerprint density at radius 1 is 1.21 bits per heavy atom. The molecule has 1 heterocycles. The second-order valence-electron chi connectivity index (χ2n) is 6.17. The van der Waals surface area contributed by atoms with Crippen LogP contribution in [-0.4, -0.2) is 48.6 Å².